The van der Waals surface area contributed by atoms with Gasteiger partial charge in [-0.25, -0.2) is 0 Å². The Hall–Kier alpha value is -2.58. The largest absolute Gasteiger partial charge is 0.451 e. The summed E-state index contributed by atoms with van der Waals surface area (Å²) in [6, 6.07) is 3.70. The highest BCUT2D eigenvalue weighted by molar-refractivity contribution is 5.96. The first-order valence-electron chi connectivity index (χ1n) is 7.62. The van der Waals surface area contributed by atoms with Crippen LogP contribution in [0.4, 0.5) is 13.2 Å². The zero-order valence-electron chi connectivity index (χ0n) is 13.4. The molecule has 2 rings (SSSR count). The van der Waals surface area contributed by atoms with Crippen LogP contribution in [-0.2, 0) is 20.5 Å². The summed E-state index contributed by atoms with van der Waals surface area (Å²) >= 11 is 0. The molecule has 1 aromatic rings. The summed E-state index contributed by atoms with van der Waals surface area (Å²) in [5, 5.41) is 4.90. The summed E-state index contributed by atoms with van der Waals surface area (Å²) in [5.74, 6) is -1.95. The van der Waals surface area contributed by atoms with Gasteiger partial charge in [0, 0.05) is 11.6 Å². The maximum Gasteiger partial charge on any atom is 0.416 e. The van der Waals surface area contributed by atoms with Gasteiger partial charge in [0.2, 0.25) is 0 Å². The standard InChI is InChI=1S/C16H17F3N2O4/c1-9(14(23)21-12-6-7-12)25-13(22)8-20-15(24)10-2-4-11(5-3-10)16(17,18)19/h2-5,9,12H,6-8H2,1H3,(H,20,24)(H,21,23). The fourth-order valence-corrected chi connectivity index (χ4v) is 1.90. The minimum atomic E-state index is -4.49. The third-order valence-electron chi connectivity index (χ3n) is 3.47. The molecule has 0 saturated heterocycles. The molecule has 25 heavy (non-hydrogen) atoms. The molecule has 1 fully saturated rings. The number of ether oxygens (including phenoxy) is 1. The number of hydrogen-bond acceptors (Lipinski definition) is 4. The number of alkyl halides is 3. The van der Waals surface area contributed by atoms with Crippen molar-refractivity contribution in [1.82, 2.24) is 10.6 Å². The molecule has 0 bridgehead atoms. The molecule has 1 saturated carbocycles. The van der Waals surface area contributed by atoms with Crippen LogP contribution in [0.5, 0.6) is 0 Å². The number of carbonyl (C=O) groups excluding carboxylic acids is 3. The molecule has 1 atom stereocenters. The third kappa shape index (κ3) is 5.77. The Bertz CT molecular complexity index is 654. The predicted octanol–water partition coefficient (Wildman–Crippen LogP) is 1.65. The van der Waals surface area contributed by atoms with Gasteiger partial charge in [0.05, 0.1) is 5.56 Å². The molecule has 1 aromatic carbocycles. The molecule has 6 nitrogen and oxygen atoms in total. The highest BCUT2D eigenvalue weighted by atomic mass is 19.4. The Labute approximate surface area is 141 Å². The van der Waals surface area contributed by atoms with Gasteiger partial charge in [0.25, 0.3) is 11.8 Å². The van der Waals surface area contributed by atoms with Gasteiger partial charge in [-0.1, -0.05) is 0 Å². The van der Waals surface area contributed by atoms with Gasteiger partial charge in [-0.05, 0) is 44.0 Å². The molecule has 1 aliphatic rings. The van der Waals surface area contributed by atoms with Crippen molar-refractivity contribution in [2.75, 3.05) is 6.54 Å². The summed E-state index contributed by atoms with van der Waals surface area (Å²) in [6.45, 7) is 0.911. The first-order chi connectivity index (χ1) is 11.7. The summed E-state index contributed by atoms with van der Waals surface area (Å²) in [6.07, 6.45) is -3.68. The van der Waals surface area contributed by atoms with Crippen LogP contribution >= 0.6 is 0 Å². The lowest BCUT2D eigenvalue weighted by Gasteiger charge is -2.13. The molecule has 0 aromatic heterocycles. The molecule has 0 radical (unpaired) electrons. The van der Waals surface area contributed by atoms with Crippen molar-refractivity contribution in [2.24, 2.45) is 0 Å². The van der Waals surface area contributed by atoms with Crippen molar-refractivity contribution in [3.8, 4) is 0 Å². The minimum Gasteiger partial charge on any atom is -0.451 e. The Morgan fingerprint density at radius 1 is 1.20 bits per heavy atom. The Morgan fingerprint density at radius 3 is 2.32 bits per heavy atom. The van der Waals surface area contributed by atoms with E-state index in [-0.39, 0.29) is 11.6 Å². The third-order valence-corrected chi connectivity index (χ3v) is 3.47. The second-order valence-electron chi connectivity index (χ2n) is 5.67. The lowest BCUT2D eigenvalue weighted by molar-refractivity contribution is -0.153. The van der Waals surface area contributed by atoms with Crippen molar-refractivity contribution in [3.63, 3.8) is 0 Å². The van der Waals surface area contributed by atoms with Gasteiger partial charge in [0.1, 0.15) is 6.54 Å². The van der Waals surface area contributed by atoms with Crippen LogP contribution < -0.4 is 10.6 Å². The molecule has 2 N–H and O–H groups in total. The normalized spacial score (nSPS) is 15.2. The van der Waals surface area contributed by atoms with Crippen molar-refractivity contribution in [2.45, 2.75) is 38.1 Å². The predicted molar refractivity (Wildman–Crippen MR) is 80.5 cm³/mol. The minimum absolute atomic E-state index is 0.0275. The lowest BCUT2D eigenvalue weighted by atomic mass is 10.1. The number of esters is 1. The lowest BCUT2D eigenvalue weighted by Crippen LogP contribution is -2.39. The van der Waals surface area contributed by atoms with E-state index < -0.39 is 42.2 Å². The molecule has 136 valence electrons. The molecule has 0 aliphatic heterocycles. The van der Waals surface area contributed by atoms with Gasteiger partial charge >= 0.3 is 12.1 Å². The number of carbonyl (C=O) groups is 3. The molecule has 1 aliphatic carbocycles. The first kappa shape index (κ1) is 18.8. The zero-order valence-corrected chi connectivity index (χ0v) is 13.4. The maximum atomic E-state index is 12.4. The average Bonchev–Trinajstić information content (AvgIpc) is 3.35. The maximum absolute atomic E-state index is 12.4. The average molecular weight is 358 g/mol. The molecular weight excluding hydrogens is 341 g/mol. The number of halogens is 3. The van der Waals surface area contributed by atoms with E-state index in [0.29, 0.717) is 0 Å². The fraction of sp³-hybridized carbons (Fsp3) is 0.438. The molecule has 0 heterocycles. The quantitative estimate of drug-likeness (QED) is 0.758. The summed E-state index contributed by atoms with van der Waals surface area (Å²) in [7, 11) is 0. The molecule has 0 spiro atoms. The number of amides is 2. The Kier molecular flexibility index (Phi) is 5.66. The van der Waals surface area contributed by atoms with Crippen LogP contribution in [0, 0.1) is 0 Å². The van der Waals surface area contributed by atoms with Crippen LogP contribution in [0.3, 0.4) is 0 Å². The smallest absolute Gasteiger partial charge is 0.416 e. The first-order valence-corrected chi connectivity index (χ1v) is 7.62. The molecular formula is C16H17F3N2O4. The van der Waals surface area contributed by atoms with Gasteiger partial charge < -0.3 is 15.4 Å². The van der Waals surface area contributed by atoms with Crippen molar-refractivity contribution >= 4 is 17.8 Å². The van der Waals surface area contributed by atoms with E-state index >= 15 is 0 Å². The topological polar surface area (TPSA) is 84.5 Å². The van der Waals surface area contributed by atoms with E-state index in [1.807, 2.05) is 0 Å². The number of benzene rings is 1. The van der Waals surface area contributed by atoms with Gasteiger partial charge in [-0.2, -0.15) is 13.2 Å². The Balaban J connectivity index is 1.78. The Morgan fingerprint density at radius 2 is 1.80 bits per heavy atom. The second kappa shape index (κ2) is 7.54. The number of rotatable bonds is 6. The van der Waals surface area contributed by atoms with E-state index in [0.717, 1.165) is 37.1 Å². The van der Waals surface area contributed by atoms with E-state index in [1.165, 1.54) is 6.92 Å². The second-order valence-corrected chi connectivity index (χ2v) is 5.67. The van der Waals surface area contributed by atoms with Gasteiger partial charge in [-0.15, -0.1) is 0 Å². The van der Waals surface area contributed by atoms with Crippen LogP contribution in [0.25, 0.3) is 0 Å². The monoisotopic (exact) mass is 358 g/mol. The van der Waals surface area contributed by atoms with Crippen molar-refractivity contribution in [1.29, 1.82) is 0 Å². The van der Waals surface area contributed by atoms with Gasteiger partial charge in [0.15, 0.2) is 6.10 Å². The fourth-order valence-electron chi connectivity index (χ4n) is 1.90. The van der Waals surface area contributed by atoms with Crippen LogP contribution in [0.2, 0.25) is 0 Å². The van der Waals surface area contributed by atoms with Crippen molar-refractivity contribution in [3.05, 3.63) is 35.4 Å². The van der Waals surface area contributed by atoms with Crippen LogP contribution in [0.1, 0.15) is 35.7 Å². The van der Waals surface area contributed by atoms with E-state index in [1.54, 1.807) is 0 Å². The van der Waals surface area contributed by atoms with Gasteiger partial charge in [-0.3, -0.25) is 14.4 Å². The van der Waals surface area contributed by atoms with Crippen LogP contribution in [0.15, 0.2) is 24.3 Å². The highest BCUT2D eigenvalue weighted by Crippen LogP contribution is 2.29. The highest BCUT2D eigenvalue weighted by Gasteiger charge is 2.30. The van der Waals surface area contributed by atoms with E-state index in [2.05, 4.69) is 10.6 Å². The molecule has 9 heteroatoms. The van der Waals surface area contributed by atoms with E-state index in [9.17, 15) is 27.6 Å². The number of nitrogens with one attached hydrogen (secondary N) is 2. The summed E-state index contributed by atoms with van der Waals surface area (Å²) in [4.78, 5) is 35.1. The molecule has 1 unspecified atom stereocenters. The SMILES string of the molecule is CC(OC(=O)CNC(=O)c1ccc(C(F)(F)F)cc1)C(=O)NC1CC1. The summed E-state index contributed by atoms with van der Waals surface area (Å²) in [5.41, 5.74) is -0.903. The zero-order chi connectivity index (χ0) is 18.6. The van der Waals surface area contributed by atoms with E-state index in [4.69, 9.17) is 4.74 Å². The number of hydrogen-bond donors (Lipinski definition) is 2. The summed E-state index contributed by atoms with van der Waals surface area (Å²) < 4.78 is 42.2. The van der Waals surface area contributed by atoms with Crippen LogP contribution in [-0.4, -0.2) is 36.5 Å². The van der Waals surface area contributed by atoms with Crippen molar-refractivity contribution < 1.29 is 32.3 Å². The molecule has 2 amide bonds.